The van der Waals surface area contributed by atoms with E-state index in [0.29, 0.717) is 12.5 Å². The van der Waals surface area contributed by atoms with Gasteiger partial charge in [0.15, 0.2) is 5.96 Å². The predicted octanol–water partition coefficient (Wildman–Crippen LogP) is 1.49. The van der Waals surface area contributed by atoms with Crippen molar-refractivity contribution < 1.29 is 4.79 Å². The highest BCUT2D eigenvalue weighted by atomic mass is 16.2. The molecule has 0 fully saturated rings. The van der Waals surface area contributed by atoms with Gasteiger partial charge in [-0.25, -0.2) is 4.68 Å². The highest BCUT2D eigenvalue weighted by molar-refractivity contribution is 5.86. The molecule has 2 rings (SSSR count). The van der Waals surface area contributed by atoms with E-state index in [1.807, 2.05) is 68.2 Å². The highest BCUT2D eigenvalue weighted by Gasteiger charge is 2.13. The van der Waals surface area contributed by atoms with Gasteiger partial charge in [0.25, 0.3) is 0 Å². The molecule has 2 aromatic rings. The number of carbonyl (C=O) groups excluding carboxylic acids is 1. The lowest BCUT2D eigenvalue weighted by Crippen LogP contribution is -2.48. The van der Waals surface area contributed by atoms with Crippen molar-refractivity contribution in [2.24, 2.45) is 4.99 Å². The van der Waals surface area contributed by atoms with Gasteiger partial charge < -0.3 is 16.0 Å². The van der Waals surface area contributed by atoms with E-state index in [1.165, 1.54) is 0 Å². The van der Waals surface area contributed by atoms with Crippen LogP contribution in [0.25, 0.3) is 5.69 Å². The predicted molar refractivity (Wildman–Crippen MR) is 105 cm³/mol. The third-order valence-corrected chi connectivity index (χ3v) is 3.52. The molecule has 1 amide bonds. The van der Waals surface area contributed by atoms with Gasteiger partial charge in [0, 0.05) is 25.3 Å². The summed E-state index contributed by atoms with van der Waals surface area (Å²) in [6.07, 6.45) is 4.69. The maximum atomic E-state index is 11.8. The molecule has 7 nitrogen and oxygen atoms in total. The number of benzene rings is 1. The maximum Gasteiger partial charge on any atom is 0.239 e. The monoisotopic (exact) mass is 356 g/mol. The Kier molecular flexibility index (Phi) is 6.77. The van der Waals surface area contributed by atoms with Crippen LogP contribution in [0.15, 0.2) is 47.7 Å². The molecule has 1 aromatic carbocycles. The zero-order chi connectivity index (χ0) is 19.0. The highest BCUT2D eigenvalue weighted by Crippen LogP contribution is 2.07. The summed E-state index contributed by atoms with van der Waals surface area (Å²) in [4.78, 5) is 16.0. The Balaban J connectivity index is 1.76. The normalized spacial score (nSPS) is 11.9. The summed E-state index contributed by atoms with van der Waals surface area (Å²) in [6.45, 7) is 6.73. The molecule has 0 spiro atoms. The van der Waals surface area contributed by atoms with Gasteiger partial charge in [-0.2, -0.15) is 5.10 Å². The van der Waals surface area contributed by atoms with E-state index in [-0.39, 0.29) is 18.0 Å². The van der Waals surface area contributed by atoms with Gasteiger partial charge in [0.05, 0.1) is 18.4 Å². The number of hydrogen-bond acceptors (Lipinski definition) is 3. The molecule has 26 heavy (non-hydrogen) atoms. The number of aliphatic imine (C=N–C) groups is 1. The summed E-state index contributed by atoms with van der Waals surface area (Å²) in [7, 11) is 1.68. The molecule has 7 heteroatoms. The summed E-state index contributed by atoms with van der Waals surface area (Å²) in [5.41, 5.74) is 1.92. The number of carbonyl (C=O) groups is 1. The van der Waals surface area contributed by atoms with Gasteiger partial charge >= 0.3 is 0 Å². The Morgan fingerprint density at radius 1 is 1.19 bits per heavy atom. The number of guanidine groups is 1. The summed E-state index contributed by atoms with van der Waals surface area (Å²) in [5, 5.41) is 13.5. The molecule has 1 aromatic heterocycles. The Morgan fingerprint density at radius 3 is 2.58 bits per heavy atom. The molecule has 0 aliphatic heterocycles. The van der Waals surface area contributed by atoms with Crippen molar-refractivity contribution in [2.45, 2.75) is 32.7 Å². The van der Waals surface area contributed by atoms with Crippen LogP contribution < -0.4 is 16.0 Å². The first kappa shape index (κ1) is 19.5. The van der Waals surface area contributed by atoms with Gasteiger partial charge in [0.2, 0.25) is 5.91 Å². The number of aromatic nitrogens is 2. The summed E-state index contributed by atoms with van der Waals surface area (Å²) in [5.74, 6) is 0.536. The molecular formula is C19H28N6O. The Morgan fingerprint density at radius 2 is 1.92 bits per heavy atom. The average molecular weight is 356 g/mol. The Bertz CT molecular complexity index is 730. The van der Waals surface area contributed by atoms with Crippen LogP contribution in [-0.2, 0) is 11.2 Å². The minimum Gasteiger partial charge on any atom is -0.356 e. The SMILES string of the molecule is CN=C(NCCc1cnn(-c2ccccc2)c1)NCC(=O)NC(C)(C)C. The second-order valence-corrected chi connectivity index (χ2v) is 7.03. The third-order valence-electron chi connectivity index (χ3n) is 3.52. The second-order valence-electron chi connectivity index (χ2n) is 7.03. The van der Waals surface area contributed by atoms with E-state index >= 15 is 0 Å². The summed E-state index contributed by atoms with van der Waals surface area (Å²) < 4.78 is 1.86. The molecule has 0 bridgehead atoms. The van der Waals surface area contributed by atoms with E-state index in [4.69, 9.17) is 0 Å². The first-order chi connectivity index (χ1) is 12.4. The molecule has 0 aliphatic carbocycles. The van der Waals surface area contributed by atoms with Crippen molar-refractivity contribution in [1.82, 2.24) is 25.7 Å². The van der Waals surface area contributed by atoms with E-state index in [9.17, 15) is 4.79 Å². The number of hydrogen-bond donors (Lipinski definition) is 3. The molecule has 3 N–H and O–H groups in total. The molecule has 0 atom stereocenters. The standard InChI is InChI=1S/C19H28N6O/c1-19(2,3)24-17(26)13-22-18(20-4)21-11-10-15-12-23-25(14-15)16-8-6-5-7-9-16/h5-9,12,14H,10-11,13H2,1-4H3,(H,24,26)(H2,20,21,22). The van der Waals surface area contributed by atoms with E-state index in [1.54, 1.807) is 7.05 Å². The largest absolute Gasteiger partial charge is 0.356 e. The van der Waals surface area contributed by atoms with Crippen molar-refractivity contribution >= 4 is 11.9 Å². The van der Waals surface area contributed by atoms with Crippen LogP contribution in [0.2, 0.25) is 0 Å². The smallest absolute Gasteiger partial charge is 0.239 e. The van der Waals surface area contributed by atoms with Crippen molar-refractivity contribution in [3.63, 3.8) is 0 Å². The maximum absolute atomic E-state index is 11.8. The fourth-order valence-corrected chi connectivity index (χ4v) is 2.38. The van der Waals surface area contributed by atoms with Crippen LogP contribution in [0, 0.1) is 0 Å². The first-order valence-corrected chi connectivity index (χ1v) is 8.72. The molecule has 1 heterocycles. The molecule has 0 unspecified atom stereocenters. The quantitative estimate of drug-likeness (QED) is 0.541. The van der Waals surface area contributed by atoms with Crippen LogP contribution in [0.5, 0.6) is 0 Å². The van der Waals surface area contributed by atoms with E-state index in [0.717, 1.165) is 17.7 Å². The van der Waals surface area contributed by atoms with E-state index < -0.39 is 0 Å². The molecular weight excluding hydrogens is 328 g/mol. The molecule has 0 radical (unpaired) electrons. The first-order valence-electron chi connectivity index (χ1n) is 8.72. The van der Waals surface area contributed by atoms with Crippen molar-refractivity contribution in [3.05, 3.63) is 48.3 Å². The fraction of sp³-hybridized carbons (Fsp3) is 0.421. The second kappa shape index (κ2) is 9.03. The molecule has 0 saturated carbocycles. The molecule has 0 saturated heterocycles. The number of nitrogens with one attached hydrogen (secondary N) is 3. The van der Waals surface area contributed by atoms with Crippen LogP contribution in [0.3, 0.4) is 0 Å². The van der Waals surface area contributed by atoms with Crippen molar-refractivity contribution in [1.29, 1.82) is 0 Å². The molecule has 0 aliphatic rings. The van der Waals surface area contributed by atoms with Crippen molar-refractivity contribution in [2.75, 3.05) is 20.1 Å². The van der Waals surface area contributed by atoms with Crippen molar-refractivity contribution in [3.8, 4) is 5.69 Å². The lowest BCUT2D eigenvalue weighted by Gasteiger charge is -2.21. The topological polar surface area (TPSA) is 83.3 Å². The van der Waals surface area contributed by atoms with E-state index in [2.05, 4.69) is 26.0 Å². The minimum absolute atomic E-state index is 0.0652. The zero-order valence-corrected chi connectivity index (χ0v) is 15.9. The minimum atomic E-state index is -0.241. The zero-order valence-electron chi connectivity index (χ0n) is 15.9. The van der Waals surface area contributed by atoms with Crippen LogP contribution in [0.1, 0.15) is 26.3 Å². The molecule has 140 valence electrons. The van der Waals surface area contributed by atoms with Gasteiger partial charge in [-0.05, 0) is 44.9 Å². The van der Waals surface area contributed by atoms with Crippen LogP contribution >= 0.6 is 0 Å². The van der Waals surface area contributed by atoms with Gasteiger partial charge in [-0.3, -0.25) is 9.79 Å². The number of nitrogens with zero attached hydrogens (tertiary/aromatic N) is 3. The summed E-state index contributed by atoms with van der Waals surface area (Å²) >= 11 is 0. The average Bonchev–Trinajstić information content (AvgIpc) is 3.06. The van der Waals surface area contributed by atoms with Crippen LogP contribution in [0.4, 0.5) is 0 Å². The Labute approximate surface area is 154 Å². The van der Waals surface area contributed by atoms with Gasteiger partial charge in [0.1, 0.15) is 0 Å². The van der Waals surface area contributed by atoms with Crippen LogP contribution in [-0.4, -0.2) is 47.3 Å². The third kappa shape index (κ3) is 6.58. The van der Waals surface area contributed by atoms with Gasteiger partial charge in [-0.1, -0.05) is 18.2 Å². The lowest BCUT2D eigenvalue weighted by molar-refractivity contribution is -0.121. The fourth-order valence-electron chi connectivity index (χ4n) is 2.38. The number of amides is 1. The summed E-state index contributed by atoms with van der Waals surface area (Å²) in [6, 6.07) is 10.00. The lowest BCUT2D eigenvalue weighted by atomic mass is 10.1. The number of para-hydroxylation sites is 1. The Hall–Kier alpha value is -2.83. The van der Waals surface area contributed by atoms with Gasteiger partial charge in [-0.15, -0.1) is 0 Å². The number of rotatable bonds is 6.